The molecule has 2 aromatic rings. The van der Waals surface area contributed by atoms with Crippen LogP contribution >= 0.6 is 0 Å². The van der Waals surface area contributed by atoms with Gasteiger partial charge < -0.3 is 0 Å². The second kappa shape index (κ2) is 4.91. The van der Waals surface area contributed by atoms with Crippen LogP contribution in [0.3, 0.4) is 0 Å². The molecule has 0 saturated carbocycles. The van der Waals surface area contributed by atoms with Crippen molar-refractivity contribution in [1.82, 2.24) is 14.8 Å². The van der Waals surface area contributed by atoms with Gasteiger partial charge in [0, 0.05) is 17.7 Å². The SMILES string of the molecule is CC(C)n1c(-c2cc(F)cc(F)c2)nnc1S(N)(=O)=O. The summed E-state index contributed by atoms with van der Waals surface area (Å²) in [5, 5.41) is 11.8. The molecule has 0 radical (unpaired) electrons. The highest BCUT2D eigenvalue weighted by atomic mass is 32.2. The highest BCUT2D eigenvalue weighted by Crippen LogP contribution is 2.25. The van der Waals surface area contributed by atoms with E-state index in [-0.39, 0.29) is 17.4 Å². The van der Waals surface area contributed by atoms with Gasteiger partial charge in [0.2, 0.25) is 0 Å². The van der Waals surface area contributed by atoms with Gasteiger partial charge in [-0.1, -0.05) is 0 Å². The molecule has 0 spiro atoms. The average molecular weight is 302 g/mol. The quantitative estimate of drug-likeness (QED) is 0.929. The number of primary sulfonamides is 1. The van der Waals surface area contributed by atoms with E-state index in [1.54, 1.807) is 13.8 Å². The molecular formula is C11H12F2N4O2S. The normalized spacial score (nSPS) is 12.1. The molecule has 2 N–H and O–H groups in total. The van der Waals surface area contributed by atoms with Crippen molar-refractivity contribution in [2.45, 2.75) is 25.0 Å². The second-order valence-electron chi connectivity index (χ2n) is 4.47. The molecule has 108 valence electrons. The van der Waals surface area contributed by atoms with Gasteiger partial charge in [0.1, 0.15) is 11.6 Å². The highest BCUT2D eigenvalue weighted by Gasteiger charge is 2.24. The maximum atomic E-state index is 13.2. The first-order chi connectivity index (χ1) is 9.20. The predicted molar refractivity (Wildman–Crippen MR) is 67.1 cm³/mol. The molecule has 1 aromatic heterocycles. The minimum Gasteiger partial charge on any atom is -0.294 e. The standard InChI is InChI=1S/C11H12F2N4O2S/c1-6(2)17-10(15-16-11(17)20(14,18)19)7-3-8(12)5-9(13)4-7/h3-6H,1-2H3,(H2,14,18,19). The van der Waals surface area contributed by atoms with Crippen LogP contribution in [0.4, 0.5) is 8.78 Å². The summed E-state index contributed by atoms with van der Waals surface area (Å²) in [6, 6.07) is 2.43. The first kappa shape index (κ1) is 14.5. The number of nitrogens with two attached hydrogens (primary N) is 1. The van der Waals surface area contributed by atoms with Crippen LogP contribution in [0.25, 0.3) is 11.4 Å². The molecule has 0 unspecified atom stereocenters. The topological polar surface area (TPSA) is 90.9 Å². The summed E-state index contributed by atoms with van der Waals surface area (Å²) in [6.07, 6.45) is 0. The number of aromatic nitrogens is 3. The molecule has 0 saturated heterocycles. The van der Waals surface area contributed by atoms with Gasteiger partial charge in [-0.25, -0.2) is 22.3 Å². The Morgan fingerprint density at radius 2 is 1.70 bits per heavy atom. The number of hydrogen-bond acceptors (Lipinski definition) is 4. The fourth-order valence-corrected chi connectivity index (χ4v) is 2.54. The second-order valence-corrected chi connectivity index (χ2v) is 5.93. The third-order valence-corrected chi connectivity index (χ3v) is 3.34. The van der Waals surface area contributed by atoms with Gasteiger partial charge in [0.05, 0.1) is 0 Å². The Hall–Kier alpha value is -1.87. The summed E-state index contributed by atoms with van der Waals surface area (Å²) >= 11 is 0. The Kier molecular flexibility index (Phi) is 3.57. The van der Waals surface area contributed by atoms with Crippen molar-refractivity contribution >= 4 is 10.0 Å². The minimum atomic E-state index is -4.08. The maximum absolute atomic E-state index is 13.2. The lowest BCUT2D eigenvalue weighted by Gasteiger charge is -2.13. The molecule has 20 heavy (non-hydrogen) atoms. The van der Waals surface area contributed by atoms with E-state index in [0.717, 1.165) is 12.1 Å². The van der Waals surface area contributed by atoms with Crippen molar-refractivity contribution in [3.05, 3.63) is 29.8 Å². The summed E-state index contributed by atoms with van der Waals surface area (Å²) in [4.78, 5) is 0. The Morgan fingerprint density at radius 3 is 2.15 bits per heavy atom. The molecule has 0 atom stereocenters. The van der Waals surface area contributed by atoms with E-state index in [1.165, 1.54) is 4.57 Å². The van der Waals surface area contributed by atoms with Gasteiger partial charge in [0.15, 0.2) is 5.82 Å². The van der Waals surface area contributed by atoms with Crippen LogP contribution in [0.5, 0.6) is 0 Å². The molecule has 0 aliphatic rings. The molecule has 2 rings (SSSR count). The molecule has 1 heterocycles. The molecule has 0 amide bonds. The molecule has 0 aliphatic carbocycles. The van der Waals surface area contributed by atoms with Crippen LogP contribution in [0, 0.1) is 11.6 Å². The Labute approximate surface area is 114 Å². The smallest absolute Gasteiger partial charge is 0.273 e. The molecular weight excluding hydrogens is 290 g/mol. The van der Waals surface area contributed by atoms with Crippen LogP contribution in [-0.2, 0) is 10.0 Å². The van der Waals surface area contributed by atoms with Gasteiger partial charge >= 0.3 is 0 Å². The molecule has 6 nitrogen and oxygen atoms in total. The van der Waals surface area contributed by atoms with Crippen LogP contribution < -0.4 is 5.14 Å². The first-order valence-corrected chi connectivity index (χ1v) is 7.19. The minimum absolute atomic E-state index is 0.0300. The number of benzene rings is 1. The van der Waals surface area contributed by atoms with Crippen LogP contribution in [0.1, 0.15) is 19.9 Å². The summed E-state index contributed by atoms with van der Waals surface area (Å²) in [5.41, 5.74) is 0.0820. The average Bonchev–Trinajstić information content (AvgIpc) is 2.71. The zero-order chi connectivity index (χ0) is 15.1. The summed E-state index contributed by atoms with van der Waals surface area (Å²) in [5.74, 6) is -1.56. The Morgan fingerprint density at radius 1 is 1.15 bits per heavy atom. The first-order valence-electron chi connectivity index (χ1n) is 5.64. The lowest BCUT2D eigenvalue weighted by Crippen LogP contribution is -2.20. The van der Waals surface area contributed by atoms with Crippen molar-refractivity contribution in [1.29, 1.82) is 0 Å². The third kappa shape index (κ3) is 2.68. The van der Waals surface area contributed by atoms with E-state index < -0.39 is 26.8 Å². The van der Waals surface area contributed by atoms with Crippen molar-refractivity contribution in [3.63, 3.8) is 0 Å². The maximum Gasteiger partial charge on any atom is 0.273 e. The highest BCUT2D eigenvalue weighted by molar-refractivity contribution is 7.89. The molecule has 9 heteroatoms. The van der Waals surface area contributed by atoms with Crippen molar-refractivity contribution in [2.24, 2.45) is 5.14 Å². The van der Waals surface area contributed by atoms with Crippen LogP contribution in [0.15, 0.2) is 23.4 Å². The van der Waals surface area contributed by atoms with E-state index in [0.29, 0.717) is 6.07 Å². The van der Waals surface area contributed by atoms with Crippen molar-refractivity contribution in [2.75, 3.05) is 0 Å². The van der Waals surface area contributed by atoms with Gasteiger partial charge in [-0.15, -0.1) is 10.2 Å². The number of nitrogens with zero attached hydrogens (tertiary/aromatic N) is 3. The number of sulfonamides is 1. The summed E-state index contributed by atoms with van der Waals surface area (Å²) in [6.45, 7) is 3.36. The van der Waals surface area contributed by atoms with Crippen molar-refractivity contribution < 1.29 is 17.2 Å². The van der Waals surface area contributed by atoms with Crippen LogP contribution in [-0.4, -0.2) is 23.2 Å². The van der Waals surface area contributed by atoms with E-state index in [9.17, 15) is 17.2 Å². The molecule has 0 bridgehead atoms. The van der Waals surface area contributed by atoms with E-state index >= 15 is 0 Å². The third-order valence-electron chi connectivity index (χ3n) is 2.56. The predicted octanol–water partition coefficient (Wildman–Crippen LogP) is 1.45. The van der Waals surface area contributed by atoms with Gasteiger partial charge in [-0.3, -0.25) is 4.57 Å². The zero-order valence-electron chi connectivity index (χ0n) is 10.7. The fraction of sp³-hybridized carbons (Fsp3) is 0.273. The van der Waals surface area contributed by atoms with Crippen molar-refractivity contribution in [3.8, 4) is 11.4 Å². The van der Waals surface area contributed by atoms with Crippen LogP contribution in [0.2, 0.25) is 0 Å². The fourth-order valence-electron chi connectivity index (χ4n) is 1.82. The Balaban J connectivity index is 2.72. The van der Waals surface area contributed by atoms with E-state index in [1.807, 2.05) is 0 Å². The zero-order valence-corrected chi connectivity index (χ0v) is 11.5. The van der Waals surface area contributed by atoms with Gasteiger partial charge in [-0.05, 0) is 26.0 Å². The van der Waals surface area contributed by atoms with E-state index in [4.69, 9.17) is 5.14 Å². The Bertz CT molecular complexity index is 736. The number of hydrogen-bond donors (Lipinski definition) is 1. The van der Waals surface area contributed by atoms with Gasteiger partial charge in [-0.2, -0.15) is 0 Å². The lowest BCUT2D eigenvalue weighted by atomic mass is 10.2. The summed E-state index contributed by atoms with van der Waals surface area (Å²) in [7, 11) is -4.08. The monoisotopic (exact) mass is 302 g/mol. The van der Waals surface area contributed by atoms with Gasteiger partial charge in [0.25, 0.3) is 15.2 Å². The molecule has 0 aliphatic heterocycles. The molecule has 1 aromatic carbocycles. The molecule has 0 fully saturated rings. The lowest BCUT2D eigenvalue weighted by molar-refractivity contribution is 0.524. The number of rotatable bonds is 3. The summed E-state index contributed by atoms with van der Waals surface area (Å²) < 4.78 is 50.6. The van der Waals surface area contributed by atoms with E-state index in [2.05, 4.69) is 10.2 Å². The largest absolute Gasteiger partial charge is 0.294 e. The number of halogens is 2.